The zero-order chi connectivity index (χ0) is 14.4. The molecule has 1 aliphatic heterocycles. The lowest BCUT2D eigenvalue weighted by atomic mass is 9.94. The van der Waals surface area contributed by atoms with Crippen molar-refractivity contribution in [2.45, 2.75) is 51.0 Å². The Morgan fingerprint density at radius 3 is 2.80 bits per heavy atom. The monoisotopic (exact) mass is 275 g/mol. The Labute approximate surface area is 121 Å². The van der Waals surface area contributed by atoms with Crippen LogP contribution in [0.2, 0.25) is 0 Å². The summed E-state index contributed by atoms with van der Waals surface area (Å²) in [6.07, 6.45) is 4.71. The van der Waals surface area contributed by atoms with E-state index in [0.29, 0.717) is 18.4 Å². The molecule has 1 N–H and O–H groups in total. The van der Waals surface area contributed by atoms with E-state index in [1.165, 1.54) is 18.4 Å². The molecule has 3 heteroatoms. The Morgan fingerprint density at radius 1 is 1.35 bits per heavy atom. The number of aliphatic carboxylic acids is 1. The topological polar surface area (TPSA) is 40.5 Å². The molecule has 0 bridgehead atoms. The van der Waals surface area contributed by atoms with Gasteiger partial charge in [0.15, 0.2) is 0 Å². The molecule has 1 heterocycles. The van der Waals surface area contributed by atoms with Crippen LogP contribution < -0.4 is 0 Å². The first-order valence-corrected chi connectivity index (χ1v) is 7.67. The molecule has 1 aliphatic rings. The highest BCUT2D eigenvalue weighted by molar-refractivity contribution is 5.66. The number of benzene rings is 1. The molecule has 1 aromatic rings. The first kappa shape index (κ1) is 15.0. The van der Waals surface area contributed by atoms with Crippen molar-refractivity contribution in [2.24, 2.45) is 0 Å². The van der Waals surface area contributed by atoms with Crippen LogP contribution >= 0.6 is 0 Å². The minimum Gasteiger partial charge on any atom is -0.481 e. The standard InChI is InChI=1S/C17H25NO2/c1-14(15-7-3-2-4-8-15)13-18-12-6-5-9-16(18)10-11-17(19)20/h2-4,7-8,14,16H,5-6,9-13H2,1H3,(H,19,20). The van der Waals surface area contributed by atoms with Crippen molar-refractivity contribution >= 4 is 5.97 Å². The van der Waals surface area contributed by atoms with E-state index in [-0.39, 0.29) is 0 Å². The Morgan fingerprint density at radius 2 is 2.10 bits per heavy atom. The number of carboxylic acid groups (broad SMARTS) is 1. The van der Waals surface area contributed by atoms with Gasteiger partial charge in [0, 0.05) is 19.0 Å². The van der Waals surface area contributed by atoms with Gasteiger partial charge in [0.2, 0.25) is 0 Å². The SMILES string of the molecule is CC(CN1CCCCC1CCC(=O)O)c1ccccc1. The van der Waals surface area contributed by atoms with E-state index in [1.807, 2.05) is 6.07 Å². The lowest BCUT2D eigenvalue weighted by Gasteiger charge is -2.37. The van der Waals surface area contributed by atoms with E-state index in [9.17, 15) is 4.79 Å². The first-order chi connectivity index (χ1) is 9.66. The average Bonchev–Trinajstić information content (AvgIpc) is 2.47. The van der Waals surface area contributed by atoms with Crippen molar-refractivity contribution in [3.05, 3.63) is 35.9 Å². The second-order valence-corrected chi connectivity index (χ2v) is 5.89. The molecule has 1 fully saturated rings. The summed E-state index contributed by atoms with van der Waals surface area (Å²) in [5.74, 6) is -0.173. The number of piperidine rings is 1. The van der Waals surface area contributed by atoms with Crippen LogP contribution in [0, 0.1) is 0 Å². The predicted octanol–water partition coefficient (Wildman–Crippen LogP) is 3.51. The van der Waals surface area contributed by atoms with Gasteiger partial charge in [-0.2, -0.15) is 0 Å². The Kier molecular flexibility index (Phi) is 5.60. The van der Waals surface area contributed by atoms with Gasteiger partial charge in [0.1, 0.15) is 0 Å². The molecule has 0 aromatic heterocycles. The largest absolute Gasteiger partial charge is 0.481 e. The smallest absolute Gasteiger partial charge is 0.303 e. The van der Waals surface area contributed by atoms with Crippen LogP contribution in [0.15, 0.2) is 30.3 Å². The summed E-state index contributed by atoms with van der Waals surface area (Å²) in [4.78, 5) is 13.3. The Hall–Kier alpha value is -1.35. The highest BCUT2D eigenvalue weighted by Gasteiger charge is 2.24. The average molecular weight is 275 g/mol. The van der Waals surface area contributed by atoms with Gasteiger partial charge in [0.05, 0.1) is 0 Å². The van der Waals surface area contributed by atoms with Crippen LogP contribution in [0.5, 0.6) is 0 Å². The molecule has 1 aromatic carbocycles. The third kappa shape index (κ3) is 4.34. The quantitative estimate of drug-likeness (QED) is 0.863. The fourth-order valence-corrected chi connectivity index (χ4v) is 3.16. The molecule has 20 heavy (non-hydrogen) atoms. The first-order valence-electron chi connectivity index (χ1n) is 7.67. The molecule has 0 radical (unpaired) electrons. The van der Waals surface area contributed by atoms with Gasteiger partial charge in [-0.15, -0.1) is 0 Å². The number of hydrogen-bond donors (Lipinski definition) is 1. The second kappa shape index (κ2) is 7.44. The molecular weight excluding hydrogens is 250 g/mol. The number of likely N-dealkylation sites (tertiary alicyclic amines) is 1. The fraction of sp³-hybridized carbons (Fsp3) is 0.588. The van der Waals surface area contributed by atoms with Gasteiger partial charge in [-0.3, -0.25) is 9.69 Å². The third-order valence-electron chi connectivity index (χ3n) is 4.32. The fourth-order valence-electron chi connectivity index (χ4n) is 3.16. The summed E-state index contributed by atoms with van der Waals surface area (Å²) in [5.41, 5.74) is 1.37. The van der Waals surface area contributed by atoms with E-state index >= 15 is 0 Å². The van der Waals surface area contributed by atoms with E-state index < -0.39 is 5.97 Å². The minimum absolute atomic E-state index is 0.293. The van der Waals surface area contributed by atoms with E-state index in [2.05, 4.69) is 36.1 Å². The van der Waals surface area contributed by atoms with Crippen LogP contribution in [0.3, 0.4) is 0 Å². The van der Waals surface area contributed by atoms with Gasteiger partial charge in [0.25, 0.3) is 0 Å². The summed E-state index contributed by atoms with van der Waals surface area (Å²) in [6.45, 7) is 4.41. The molecule has 0 aliphatic carbocycles. The summed E-state index contributed by atoms with van der Waals surface area (Å²) < 4.78 is 0. The van der Waals surface area contributed by atoms with Crippen LogP contribution in [-0.4, -0.2) is 35.1 Å². The number of carbonyl (C=O) groups is 1. The van der Waals surface area contributed by atoms with Crippen LogP contribution in [0.1, 0.15) is 50.5 Å². The maximum atomic E-state index is 10.8. The van der Waals surface area contributed by atoms with Gasteiger partial charge in [-0.25, -0.2) is 0 Å². The van der Waals surface area contributed by atoms with Crippen molar-refractivity contribution in [1.82, 2.24) is 4.90 Å². The molecule has 110 valence electrons. The van der Waals surface area contributed by atoms with E-state index in [4.69, 9.17) is 5.11 Å². The minimum atomic E-state index is -0.674. The zero-order valence-electron chi connectivity index (χ0n) is 12.3. The number of hydrogen-bond acceptors (Lipinski definition) is 2. The zero-order valence-corrected chi connectivity index (χ0v) is 12.3. The van der Waals surface area contributed by atoms with Crippen LogP contribution in [0.4, 0.5) is 0 Å². The molecule has 0 saturated carbocycles. The van der Waals surface area contributed by atoms with Crippen molar-refractivity contribution in [2.75, 3.05) is 13.1 Å². The second-order valence-electron chi connectivity index (χ2n) is 5.89. The summed E-state index contributed by atoms with van der Waals surface area (Å²) in [7, 11) is 0. The van der Waals surface area contributed by atoms with Crippen LogP contribution in [0.25, 0.3) is 0 Å². The Balaban J connectivity index is 1.92. The van der Waals surface area contributed by atoms with Gasteiger partial charge < -0.3 is 5.11 Å². The number of nitrogens with zero attached hydrogens (tertiary/aromatic N) is 1. The summed E-state index contributed by atoms with van der Waals surface area (Å²) in [5, 5.41) is 8.87. The third-order valence-corrected chi connectivity index (χ3v) is 4.32. The summed E-state index contributed by atoms with van der Waals surface area (Å²) >= 11 is 0. The molecule has 2 atom stereocenters. The van der Waals surface area contributed by atoms with Crippen molar-refractivity contribution in [1.29, 1.82) is 0 Å². The molecular formula is C17H25NO2. The van der Waals surface area contributed by atoms with Gasteiger partial charge in [-0.1, -0.05) is 43.7 Å². The number of carboxylic acids is 1. The summed E-state index contributed by atoms with van der Waals surface area (Å²) in [6, 6.07) is 11.0. The van der Waals surface area contributed by atoms with E-state index in [0.717, 1.165) is 25.9 Å². The maximum Gasteiger partial charge on any atom is 0.303 e. The normalized spacial score (nSPS) is 21.6. The predicted molar refractivity (Wildman–Crippen MR) is 80.9 cm³/mol. The highest BCUT2D eigenvalue weighted by Crippen LogP contribution is 2.25. The number of rotatable bonds is 6. The van der Waals surface area contributed by atoms with E-state index in [1.54, 1.807) is 0 Å². The van der Waals surface area contributed by atoms with Gasteiger partial charge >= 0.3 is 5.97 Å². The molecule has 0 spiro atoms. The molecule has 1 saturated heterocycles. The highest BCUT2D eigenvalue weighted by atomic mass is 16.4. The molecule has 0 amide bonds. The molecule has 2 unspecified atom stereocenters. The Bertz CT molecular complexity index is 418. The maximum absolute atomic E-state index is 10.8. The van der Waals surface area contributed by atoms with Crippen LogP contribution in [-0.2, 0) is 4.79 Å². The lowest BCUT2D eigenvalue weighted by molar-refractivity contribution is -0.137. The van der Waals surface area contributed by atoms with Crippen molar-refractivity contribution in [3.63, 3.8) is 0 Å². The van der Waals surface area contributed by atoms with Crippen molar-refractivity contribution in [3.8, 4) is 0 Å². The van der Waals surface area contributed by atoms with Gasteiger partial charge in [-0.05, 0) is 37.3 Å². The molecule has 2 rings (SSSR count). The molecule has 3 nitrogen and oxygen atoms in total. The van der Waals surface area contributed by atoms with Crippen molar-refractivity contribution < 1.29 is 9.90 Å². The lowest BCUT2D eigenvalue weighted by Crippen LogP contribution is -2.41.